The number of hydrogen-bond donors (Lipinski definition) is 1. The van der Waals surface area contributed by atoms with Gasteiger partial charge < -0.3 is 14.7 Å². The molecule has 7 heteroatoms. The van der Waals surface area contributed by atoms with E-state index in [9.17, 15) is 0 Å². The van der Waals surface area contributed by atoms with Gasteiger partial charge in [-0.2, -0.15) is 0 Å². The van der Waals surface area contributed by atoms with E-state index in [1.54, 1.807) is 6.33 Å². The Kier molecular flexibility index (Phi) is 4.99. The van der Waals surface area contributed by atoms with Gasteiger partial charge in [0.2, 0.25) is 0 Å². The Labute approximate surface area is 143 Å². The molecule has 2 aromatic rings. The largest absolute Gasteiger partial charge is 0.367 e. The Morgan fingerprint density at radius 2 is 2.00 bits per heavy atom. The van der Waals surface area contributed by atoms with Crippen LogP contribution in [0.2, 0.25) is 0 Å². The molecule has 7 nitrogen and oxygen atoms in total. The fraction of sp³-hybridized carbons (Fsp3) is 0.588. The van der Waals surface area contributed by atoms with E-state index in [0.717, 1.165) is 55.6 Å². The minimum atomic E-state index is 0.454. The highest BCUT2D eigenvalue weighted by Crippen LogP contribution is 2.21. The van der Waals surface area contributed by atoms with Crippen molar-refractivity contribution in [1.29, 1.82) is 0 Å². The van der Waals surface area contributed by atoms with Gasteiger partial charge in [0.25, 0.3) is 0 Å². The first-order chi connectivity index (χ1) is 11.5. The molecule has 0 aromatic carbocycles. The van der Waals surface area contributed by atoms with Crippen molar-refractivity contribution >= 4 is 11.6 Å². The van der Waals surface area contributed by atoms with Crippen molar-refractivity contribution in [3.63, 3.8) is 0 Å². The summed E-state index contributed by atoms with van der Waals surface area (Å²) < 4.78 is 5.26. The molecule has 3 rings (SSSR count). The number of nitrogens with one attached hydrogen (secondary N) is 1. The lowest BCUT2D eigenvalue weighted by molar-refractivity contribution is 0.210. The SMILES string of the molecule is Cc1noc(C)c1CN1CCC(Nc2cc(N(C)C)ncn2)CC1. The third-order valence-corrected chi connectivity index (χ3v) is 4.61. The van der Waals surface area contributed by atoms with Crippen LogP contribution >= 0.6 is 0 Å². The van der Waals surface area contributed by atoms with Crippen LogP contribution in [0.5, 0.6) is 0 Å². The van der Waals surface area contributed by atoms with Crippen LogP contribution in [0.15, 0.2) is 16.9 Å². The monoisotopic (exact) mass is 330 g/mol. The lowest BCUT2D eigenvalue weighted by Crippen LogP contribution is -2.39. The first-order valence-electron chi connectivity index (χ1n) is 8.43. The van der Waals surface area contributed by atoms with Crippen LogP contribution < -0.4 is 10.2 Å². The predicted molar refractivity (Wildman–Crippen MR) is 94.3 cm³/mol. The zero-order valence-electron chi connectivity index (χ0n) is 14.9. The molecular formula is C17H26N6O. The highest BCUT2D eigenvalue weighted by Gasteiger charge is 2.21. The number of anilines is 2. The molecule has 130 valence electrons. The lowest BCUT2D eigenvalue weighted by atomic mass is 10.0. The van der Waals surface area contributed by atoms with Crippen molar-refractivity contribution in [2.75, 3.05) is 37.4 Å². The van der Waals surface area contributed by atoms with Gasteiger partial charge in [-0.1, -0.05) is 5.16 Å². The molecular weight excluding hydrogens is 304 g/mol. The van der Waals surface area contributed by atoms with Gasteiger partial charge in [-0.25, -0.2) is 9.97 Å². The van der Waals surface area contributed by atoms with Gasteiger partial charge in [-0.05, 0) is 26.7 Å². The second kappa shape index (κ2) is 7.17. The molecule has 2 aromatic heterocycles. The van der Waals surface area contributed by atoms with Crippen LogP contribution in [-0.2, 0) is 6.54 Å². The number of likely N-dealkylation sites (tertiary alicyclic amines) is 1. The van der Waals surface area contributed by atoms with Crippen molar-refractivity contribution in [3.8, 4) is 0 Å². The Morgan fingerprint density at radius 3 is 2.62 bits per heavy atom. The van der Waals surface area contributed by atoms with E-state index in [0.29, 0.717) is 6.04 Å². The summed E-state index contributed by atoms with van der Waals surface area (Å²) in [6, 6.07) is 2.45. The molecule has 3 heterocycles. The van der Waals surface area contributed by atoms with Crippen LogP contribution in [0.1, 0.15) is 29.9 Å². The van der Waals surface area contributed by atoms with Crippen LogP contribution in [0.4, 0.5) is 11.6 Å². The number of aryl methyl sites for hydroxylation is 2. The first kappa shape index (κ1) is 16.7. The molecule has 0 bridgehead atoms. The highest BCUT2D eigenvalue weighted by molar-refractivity contribution is 5.47. The molecule has 24 heavy (non-hydrogen) atoms. The molecule has 1 aliphatic rings. The number of nitrogens with zero attached hydrogens (tertiary/aromatic N) is 5. The van der Waals surface area contributed by atoms with Crippen molar-refractivity contribution in [2.24, 2.45) is 0 Å². The maximum atomic E-state index is 5.26. The molecule has 0 atom stereocenters. The predicted octanol–water partition coefficient (Wildman–Crippen LogP) is 2.22. The number of rotatable bonds is 5. The van der Waals surface area contributed by atoms with Crippen LogP contribution in [-0.4, -0.2) is 53.3 Å². The number of hydrogen-bond acceptors (Lipinski definition) is 7. The van der Waals surface area contributed by atoms with E-state index in [1.165, 1.54) is 5.56 Å². The zero-order chi connectivity index (χ0) is 17.1. The van der Waals surface area contributed by atoms with Crippen LogP contribution in [0.25, 0.3) is 0 Å². The Hall–Kier alpha value is -2.15. The van der Waals surface area contributed by atoms with Crippen molar-refractivity contribution in [2.45, 2.75) is 39.3 Å². The van der Waals surface area contributed by atoms with Gasteiger partial charge in [0.05, 0.1) is 5.69 Å². The Balaban J connectivity index is 1.53. The van der Waals surface area contributed by atoms with Gasteiger partial charge >= 0.3 is 0 Å². The first-order valence-corrected chi connectivity index (χ1v) is 8.43. The molecule has 1 aliphatic heterocycles. The minimum absolute atomic E-state index is 0.454. The molecule has 0 spiro atoms. The standard InChI is InChI=1S/C17H26N6O/c1-12-15(13(2)24-21-12)10-23-7-5-14(6-8-23)20-16-9-17(22(3)4)19-11-18-16/h9,11,14H,5-8,10H2,1-4H3,(H,18,19,20). The maximum absolute atomic E-state index is 5.26. The number of piperidine rings is 1. The summed E-state index contributed by atoms with van der Waals surface area (Å²) >= 11 is 0. The summed E-state index contributed by atoms with van der Waals surface area (Å²) in [4.78, 5) is 13.0. The quantitative estimate of drug-likeness (QED) is 0.901. The fourth-order valence-corrected chi connectivity index (χ4v) is 3.07. The number of aromatic nitrogens is 3. The van der Waals surface area contributed by atoms with E-state index < -0.39 is 0 Å². The normalized spacial score (nSPS) is 16.3. The second-order valence-corrected chi connectivity index (χ2v) is 6.65. The third kappa shape index (κ3) is 3.84. The van der Waals surface area contributed by atoms with Crippen molar-refractivity contribution in [3.05, 3.63) is 29.4 Å². The van der Waals surface area contributed by atoms with E-state index in [4.69, 9.17) is 4.52 Å². The zero-order valence-corrected chi connectivity index (χ0v) is 14.9. The lowest BCUT2D eigenvalue weighted by Gasteiger charge is -2.32. The summed E-state index contributed by atoms with van der Waals surface area (Å²) in [6.07, 6.45) is 3.82. The average Bonchev–Trinajstić information content (AvgIpc) is 2.89. The molecule has 0 saturated carbocycles. The van der Waals surface area contributed by atoms with Gasteiger partial charge in [0.15, 0.2) is 0 Å². The smallest absolute Gasteiger partial charge is 0.138 e. The summed E-state index contributed by atoms with van der Waals surface area (Å²) in [5.41, 5.74) is 2.23. The molecule has 1 saturated heterocycles. The topological polar surface area (TPSA) is 70.3 Å². The molecule has 0 radical (unpaired) electrons. The van der Waals surface area contributed by atoms with Gasteiger partial charge in [0.1, 0.15) is 23.7 Å². The van der Waals surface area contributed by atoms with Crippen LogP contribution in [0, 0.1) is 13.8 Å². The van der Waals surface area contributed by atoms with E-state index in [2.05, 4.69) is 25.3 Å². The van der Waals surface area contributed by atoms with Gasteiger partial charge in [-0.15, -0.1) is 0 Å². The summed E-state index contributed by atoms with van der Waals surface area (Å²) in [7, 11) is 3.97. The Bertz CT molecular complexity index is 656. The fourth-order valence-electron chi connectivity index (χ4n) is 3.07. The molecule has 0 unspecified atom stereocenters. The average molecular weight is 330 g/mol. The molecule has 0 amide bonds. The molecule has 1 N–H and O–H groups in total. The van der Waals surface area contributed by atoms with E-state index >= 15 is 0 Å². The summed E-state index contributed by atoms with van der Waals surface area (Å²) in [6.45, 7) is 7.05. The van der Waals surface area contributed by atoms with Gasteiger partial charge in [-0.3, -0.25) is 4.90 Å². The Morgan fingerprint density at radius 1 is 1.25 bits per heavy atom. The van der Waals surface area contributed by atoms with Gasteiger partial charge in [0, 0.05) is 51.4 Å². The van der Waals surface area contributed by atoms with Crippen molar-refractivity contribution < 1.29 is 4.52 Å². The third-order valence-electron chi connectivity index (χ3n) is 4.61. The molecule has 1 fully saturated rings. The summed E-state index contributed by atoms with van der Waals surface area (Å²) in [5.74, 6) is 2.76. The molecule has 0 aliphatic carbocycles. The van der Waals surface area contributed by atoms with Crippen molar-refractivity contribution in [1.82, 2.24) is 20.0 Å². The highest BCUT2D eigenvalue weighted by atomic mass is 16.5. The van der Waals surface area contributed by atoms with E-state index in [1.807, 2.05) is 38.9 Å². The van der Waals surface area contributed by atoms with E-state index in [-0.39, 0.29) is 0 Å². The van der Waals surface area contributed by atoms with Crippen LogP contribution in [0.3, 0.4) is 0 Å². The minimum Gasteiger partial charge on any atom is -0.367 e. The summed E-state index contributed by atoms with van der Waals surface area (Å²) in [5, 5.41) is 7.59. The maximum Gasteiger partial charge on any atom is 0.138 e. The second-order valence-electron chi connectivity index (χ2n) is 6.65.